The molecule has 0 saturated heterocycles. The van der Waals surface area contributed by atoms with Crippen LogP contribution in [0.4, 0.5) is 0 Å². The molecular formula is C27H23BrN2O4. The molecule has 4 rings (SSSR count). The van der Waals surface area contributed by atoms with E-state index in [0.29, 0.717) is 29.4 Å². The van der Waals surface area contributed by atoms with Gasteiger partial charge in [0.05, 0.1) is 24.9 Å². The quantitative estimate of drug-likeness (QED) is 0.230. The van der Waals surface area contributed by atoms with Gasteiger partial charge in [0, 0.05) is 5.56 Å². The number of hydrogen-bond acceptors (Lipinski definition) is 5. The Morgan fingerprint density at radius 3 is 2.50 bits per heavy atom. The zero-order valence-electron chi connectivity index (χ0n) is 18.7. The zero-order valence-corrected chi connectivity index (χ0v) is 20.3. The number of fused-ring (bicyclic) bond motifs is 1. The van der Waals surface area contributed by atoms with Gasteiger partial charge < -0.3 is 14.2 Å². The average Bonchev–Trinajstić information content (AvgIpc) is 2.87. The number of carbonyl (C=O) groups is 1. The number of rotatable bonds is 8. The Bertz CT molecular complexity index is 1330. The topological polar surface area (TPSA) is 69.2 Å². The van der Waals surface area contributed by atoms with Crippen molar-refractivity contribution in [2.24, 2.45) is 5.10 Å². The van der Waals surface area contributed by atoms with E-state index < -0.39 is 0 Å². The number of carbonyl (C=O) groups excluding carboxylic acids is 1. The fourth-order valence-corrected chi connectivity index (χ4v) is 4.07. The highest BCUT2D eigenvalue weighted by Gasteiger charge is 2.13. The molecule has 172 valence electrons. The zero-order chi connectivity index (χ0) is 23.9. The minimum atomic E-state index is -0.319. The summed E-state index contributed by atoms with van der Waals surface area (Å²) in [4.78, 5) is 12.3. The molecule has 0 aliphatic rings. The molecule has 0 atom stereocenters. The molecule has 0 aliphatic carbocycles. The highest BCUT2D eigenvalue weighted by molar-refractivity contribution is 9.10. The highest BCUT2D eigenvalue weighted by atomic mass is 79.9. The third kappa shape index (κ3) is 5.38. The van der Waals surface area contributed by atoms with Crippen molar-refractivity contribution < 1.29 is 19.0 Å². The second-order valence-corrected chi connectivity index (χ2v) is 8.24. The number of hydrogen-bond donors (Lipinski definition) is 1. The van der Waals surface area contributed by atoms with E-state index in [9.17, 15) is 4.79 Å². The maximum Gasteiger partial charge on any atom is 0.271 e. The SMILES string of the molecule is COc1ccc(C(=O)N/N=C\c2cc(Br)c(OCc3cccc4ccccc34)c(OC)c2)cc1. The van der Waals surface area contributed by atoms with Gasteiger partial charge in [0.25, 0.3) is 5.91 Å². The van der Waals surface area contributed by atoms with Gasteiger partial charge in [-0.2, -0.15) is 5.10 Å². The van der Waals surface area contributed by atoms with Crippen molar-refractivity contribution >= 4 is 38.8 Å². The van der Waals surface area contributed by atoms with E-state index >= 15 is 0 Å². The average molecular weight is 519 g/mol. The summed E-state index contributed by atoms with van der Waals surface area (Å²) in [6.45, 7) is 0.391. The van der Waals surface area contributed by atoms with Crippen molar-refractivity contribution in [2.75, 3.05) is 14.2 Å². The summed E-state index contributed by atoms with van der Waals surface area (Å²) in [6, 6.07) is 24.8. The molecule has 0 aromatic heterocycles. The number of benzene rings is 4. The summed E-state index contributed by atoms with van der Waals surface area (Å²) in [6.07, 6.45) is 1.54. The van der Waals surface area contributed by atoms with Crippen molar-refractivity contribution in [3.63, 3.8) is 0 Å². The van der Waals surface area contributed by atoms with E-state index in [2.05, 4.69) is 50.7 Å². The van der Waals surface area contributed by atoms with E-state index in [4.69, 9.17) is 14.2 Å². The minimum Gasteiger partial charge on any atom is -0.497 e. The van der Waals surface area contributed by atoms with Crippen LogP contribution < -0.4 is 19.6 Å². The Labute approximate surface area is 206 Å². The van der Waals surface area contributed by atoms with Gasteiger partial charge in [-0.1, -0.05) is 42.5 Å². The fourth-order valence-electron chi connectivity index (χ4n) is 3.50. The van der Waals surface area contributed by atoms with Gasteiger partial charge in [-0.05, 0) is 74.2 Å². The third-order valence-corrected chi connectivity index (χ3v) is 5.82. The summed E-state index contributed by atoms with van der Waals surface area (Å²) in [5.41, 5.74) is 4.82. The van der Waals surface area contributed by atoms with Crippen LogP contribution in [0.3, 0.4) is 0 Å². The Morgan fingerprint density at radius 1 is 0.971 bits per heavy atom. The Balaban J connectivity index is 1.46. The molecule has 0 spiro atoms. The highest BCUT2D eigenvalue weighted by Crippen LogP contribution is 2.37. The molecule has 0 radical (unpaired) electrons. The third-order valence-electron chi connectivity index (χ3n) is 5.24. The Morgan fingerprint density at radius 2 is 1.74 bits per heavy atom. The minimum absolute atomic E-state index is 0.319. The molecule has 7 heteroatoms. The van der Waals surface area contributed by atoms with Gasteiger partial charge in [-0.25, -0.2) is 5.43 Å². The summed E-state index contributed by atoms with van der Waals surface area (Å²) in [7, 11) is 3.16. The van der Waals surface area contributed by atoms with Crippen LogP contribution in [-0.4, -0.2) is 26.3 Å². The lowest BCUT2D eigenvalue weighted by Gasteiger charge is -2.14. The second-order valence-electron chi connectivity index (χ2n) is 7.39. The number of methoxy groups -OCH3 is 2. The largest absolute Gasteiger partial charge is 0.497 e. The van der Waals surface area contributed by atoms with Crippen molar-refractivity contribution in [2.45, 2.75) is 6.61 Å². The van der Waals surface area contributed by atoms with Gasteiger partial charge >= 0.3 is 0 Å². The Kier molecular flexibility index (Phi) is 7.44. The first-order valence-electron chi connectivity index (χ1n) is 10.5. The molecule has 34 heavy (non-hydrogen) atoms. The lowest BCUT2D eigenvalue weighted by Crippen LogP contribution is -2.17. The van der Waals surface area contributed by atoms with Gasteiger partial charge in [0.2, 0.25) is 0 Å². The lowest BCUT2D eigenvalue weighted by atomic mass is 10.1. The van der Waals surface area contributed by atoms with Crippen LogP contribution in [0.25, 0.3) is 10.8 Å². The maximum absolute atomic E-state index is 12.3. The first kappa shape index (κ1) is 23.3. The van der Waals surface area contributed by atoms with Crippen molar-refractivity contribution in [3.05, 3.63) is 100 Å². The second kappa shape index (κ2) is 10.9. The molecule has 0 aliphatic heterocycles. The molecule has 6 nitrogen and oxygen atoms in total. The molecule has 0 bridgehead atoms. The van der Waals surface area contributed by atoms with Crippen LogP contribution in [0.15, 0.2) is 88.4 Å². The number of ether oxygens (including phenoxy) is 3. The molecular weight excluding hydrogens is 496 g/mol. The Hall–Kier alpha value is -3.84. The molecule has 0 unspecified atom stereocenters. The molecule has 1 N–H and O–H groups in total. The van der Waals surface area contributed by atoms with Gasteiger partial charge in [0.1, 0.15) is 12.4 Å². The van der Waals surface area contributed by atoms with E-state index in [0.717, 1.165) is 26.4 Å². The number of halogens is 1. The van der Waals surface area contributed by atoms with Crippen molar-refractivity contribution in [1.82, 2.24) is 5.43 Å². The molecule has 0 fully saturated rings. The maximum atomic E-state index is 12.3. The monoisotopic (exact) mass is 518 g/mol. The molecule has 1 amide bonds. The normalized spacial score (nSPS) is 10.9. The number of nitrogens with one attached hydrogen (secondary N) is 1. The van der Waals surface area contributed by atoms with E-state index in [1.165, 1.54) is 0 Å². The molecule has 0 saturated carbocycles. The number of hydrazone groups is 1. The summed E-state index contributed by atoms with van der Waals surface area (Å²) in [5.74, 6) is 1.51. The first-order valence-corrected chi connectivity index (χ1v) is 11.3. The standard InChI is InChI=1S/C27H23BrN2O4/c1-32-22-12-10-20(11-13-22)27(31)30-29-16-18-14-24(28)26(25(15-18)33-2)34-17-21-8-5-7-19-6-3-4-9-23(19)21/h3-16H,17H2,1-2H3,(H,30,31)/b29-16-. The molecule has 4 aromatic rings. The lowest BCUT2D eigenvalue weighted by molar-refractivity contribution is 0.0955. The summed E-state index contributed by atoms with van der Waals surface area (Å²) in [5, 5.41) is 6.38. The summed E-state index contributed by atoms with van der Waals surface area (Å²) < 4.78 is 17.5. The van der Waals surface area contributed by atoms with Crippen LogP contribution in [0.1, 0.15) is 21.5 Å². The smallest absolute Gasteiger partial charge is 0.271 e. The predicted molar refractivity (Wildman–Crippen MR) is 137 cm³/mol. The van der Waals surface area contributed by atoms with Crippen molar-refractivity contribution in [3.8, 4) is 17.2 Å². The first-order chi connectivity index (χ1) is 16.6. The predicted octanol–water partition coefficient (Wildman–Crippen LogP) is 5.96. The van der Waals surface area contributed by atoms with Crippen molar-refractivity contribution in [1.29, 1.82) is 0 Å². The van der Waals surface area contributed by atoms with Crippen LogP contribution in [0.2, 0.25) is 0 Å². The van der Waals surface area contributed by atoms with E-state index in [-0.39, 0.29) is 5.91 Å². The summed E-state index contributed by atoms with van der Waals surface area (Å²) >= 11 is 3.57. The fraction of sp³-hybridized carbons (Fsp3) is 0.111. The van der Waals surface area contributed by atoms with E-state index in [1.54, 1.807) is 50.8 Å². The van der Waals surface area contributed by atoms with Crippen LogP contribution in [0, 0.1) is 0 Å². The van der Waals surface area contributed by atoms with E-state index in [1.807, 2.05) is 24.3 Å². The number of nitrogens with zero attached hydrogens (tertiary/aromatic N) is 1. The molecule has 4 aromatic carbocycles. The van der Waals surface area contributed by atoms with Gasteiger partial charge in [-0.15, -0.1) is 0 Å². The van der Waals surface area contributed by atoms with Crippen LogP contribution in [0.5, 0.6) is 17.2 Å². The van der Waals surface area contributed by atoms with Crippen LogP contribution in [-0.2, 0) is 6.61 Å². The number of amides is 1. The molecule has 0 heterocycles. The van der Waals surface area contributed by atoms with Crippen LogP contribution >= 0.6 is 15.9 Å². The van der Waals surface area contributed by atoms with Gasteiger partial charge in [-0.3, -0.25) is 4.79 Å². The van der Waals surface area contributed by atoms with Gasteiger partial charge in [0.15, 0.2) is 11.5 Å².